The second-order valence-corrected chi connectivity index (χ2v) is 16.4. The number of hydrogen-bond acceptors (Lipinski definition) is 4. The van der Waals surface area contributed by atoms with Gasteiger partial charge in [-0.15, -0.1) is 0 Å². The van der Waals surface area contributed by atoms with Gasteiger partial charge in [-0.25, -0.2) is 0 Å². The Hall–Kier alpha value is -8.60. The van der Waals surface area contributed by atoms with E-state index in [1.165, 1.54) is 11.1 Å². The molecule has 0 radical (unpaired) electrons. The summed E-state index contributed by atoms with van der Waals surface area (Å²) < 4.78 is 20.4. The van der Waals surface area contributed by atoms with Crippen molar-refractivity contribution in [2.45, 2.75) is 0 Å². The van der Waals surface area contributed by atoms with E-state index >= 15 is 0 Å². The average Bonchev–Trinajstić information content (AvgIpc) is 4.06. The molecule has 4 heteroatoms. The second kappa shape index (κ2) is 14.5. The number of furan rings is 3. The summed E-state index contributed by atoms with van der Waals surface area (Å²) >= 11 is 0. The van der Waals surface area contributed by atoms with Crippen molar-refractivity contribution in [1.29, 1.82) is 0 Å². The molecule has 0 bridgehead atoms. The van der Waals surface area contributed by atoms with Gasteiger partial charge >= 0.3 is 0 Å². The molecule has 13 aromatic rings. The molecule has 0 aliphatic carbocycles. The van der Waals surface area contributed by atoms with E-state index in [9.17, 15) is 0 Å². The molecule has 64 heavy (non-hydrogen) atoms. The fourth-order valence-electron chi connectivity index (χ4n) is 9.66. The van der Waals surface area contributed by atoms with Gasteiger partial charge in [-0.2, -0.15) is 0 Å². The highest BCUT2D eigenvalue weighted by atomic mass is 16.3. The monoisotopic (exact) mass is 819 g/mol. The standard InChI is InChI=1S/C60H37NO3/c1-3-13-38(14-4-1)40-25-27-43(28-26-40)56-57-50-18-8-10-24-54(50)62-55(57)37-51-49-21-12-22-52(59(49)64-60(51)56)61(44-33-29-41(30-34-44)39-15-5-2-6-16-39)45-35-31-42(32-36-45)46-19-11-20-48-47-17-7-9-23-53(47)63-58(46)48/h1-37H. The van der Waals surface area contributed by atoms with Gasteiger partial charge in [-0.05, 0) is 81.9 Å². The molecule has 300 valence electrons. The van der Waals surface area contributed by atoms with E-state index in [0.29, 0.717) is 0 Å². The van der Waals surface area contributed by atoms with Gasteiger partial charge in [0.2, 0.25) is 0 Å². The van der Waals surface area contributed by atoms with E-state index < -0.39 is 0 Å². The summed E-state index contributed by atoms with van der Waals surface area (Å²) in [5, 5.41) is 6.34. The molecule has 4 nitrogen and oxygen atoms in total. The van der Waals surface area contributed by atoms with Crippen LogP contribution >= 0.6 is 0 Å². The van der Waals surface area contributed by atoms with Crippen LogP contribution in [0.1, 0.15) is 0 Å². The zero-order valence-corrected chi connectivity index (χ0v) is 34.5. The van der Waals surface area contributed by atoms with Crippen molar-refractivity contribution < 1.29 is 13.3 Å². The van der Waals surface area contributed by atoms with Crippen molar-refractivity contribution in [1.82, 2.24) is 0 Å². The fourth-order valence-corrected chi connectivity index (χ4v) is 9.66. The minimum atomic E-state index is 0.792. The Kier molecular flexibility index (Phi) is 8.18. The van der Waals surface area contributed by atoms with Crippen LogP contribution in [0, 0.1) is 0 Å². The molecule has 0 aliphatic heterocycles. The lowest BCUT2D eigenvalue weighted by Gasteiger charge is -2.26. The molecule has 0 amide bonds. The summed E-state index contributed by atoms with van der Waals surface area (Å²) in [4.78, 5) is 2.30. The third-order valence-electron chi connectivity index (χ3n) is 12.7. The van der Waals surface area contributed by atoms with Crippen LogP contribution in [-0.4, -0.2) is 0 Å². The largest absolute Gasteiger partial charge is 0.456 e. The lowest BCUT2D eigenvalue weighted by molar-refractivity contribution is 0.665. The highest BCUT2D eigenvalue weighted by Crippen LogP contribution is 2.49. The first kappa shape index (κ1) is 36.1. The normalized spacial score (nSPS) is 11.8. The molecule has 0 N–H and O–H groups in total. The van der Waals surface area contributed by atoms with Gasteiger partial charge in [0, 0.05) is 54.8 Å². The molecule has 13 rings (SSSR count). The van der Waals surface area contributed by atoms with Crippen LogP contribution < -0.4 is 4.90 Å². The molecular weight excluding hydrogens is 783 g/mol. The maximum Gasteiger partial charge on any atom is 0.159 e. The number of hydrogen-bond donors (Lipinski definition) is 0. The van der Waals surface area contributed by atoms with Gasteiger partial charge in [0.05, 0.1) is 5.69 Å². The van der Waals surface area contributed by atoms with E-state index in [1.807, 2.05) is 24.3 Å². The molecule has 0 aliphatic rings. The van der Waals surface area contributed by atoms with Crippen molar-refractivity contribution in [3.05, 3.63) is 224 Å². The zero-order valence-electron chi connectivity index (χ0n) is 34.5. The molecule has 0 fully saturated rings. The van der Waals surface area contributed by atoms with Gasteiger partial charge in [-0.3, -0.25) is 0 Å². The number of benzene rings is 10. The van der Waals surface area contributed by atoms with Gasteiger partial charge in [0.15, 0.2) is 5.58 Å². The smallest absolute Gasteiger partial charge is 0.159 e. The van der Waals surface area contributed by atoms with E-state index in [1.54, 1.807) is 0 Å². The lowest BCUT2D eigenvalue weighted by atomic mass is 9.95. The number of rotatable bonds is 7. The lowest BCUT2D eigenvalue weighted by Crippen LogP contribution is -2.10. The number of para-hydroxylation sites is 4. The van der Waals surface area contributed by atoms with Crippen molar-refractivity contribution in [2.24, 2.45) is 0 Å². The molecule has 3 aromatic heterocycles. The zero-order chi connectivity index (χ0) is 42.1. The molecule has 10 aromatic carbocycles. The van der Waals surface area contributed by atoms with Crippen LogP contribution in [0.25, 0.3) is 110 Å². The highest BCUT2D eigenvalue weighted by Gasteiger charge is 2.25. The quantitative estimate of drug-likeness (QED) is 0.161. The first-order chi connectivity index (χ1) is 31.7. The maximum absolute atomic E-state index is 7.30. The summed E-state index contributed by atoms with van der Waals surface area (Å²) in [7, 11) is 0. The molecule has 0 atom stereocenters. The predicted molar refractivity (Wildman–Crippen MR) is 265 cm³/mol. The number of nitrogens with zero attached hydrogens (tertiary/aromatic N) is 1. The minimum absolute atomic E-state index is 0.792. The first-order valence-electron chi connectivity index (χ1n) is 21.7. The van der Waals surface area contributed by atoms with Crippen LogP contribution in [0.2, 0.25) is 0 Å². The van der Waals surface area contributed by atoms with Crippen molar-refractivity contribution in [3.63, 3.8) is 0 Å². The van der Waals surface area contributed by atoms with Crippen LogP contribution in [0.4, 0.5) is 17.1 Å². The third-order valence-corrected chi connectivity index (χ3v) is 12.7. The Morgan fingerprint density at radius 1 is 0.281 bits per heavy atom. The van der Waals surface area contributed by atoms with Crippen LogP contribution in [0.3, 0.4) is 0 Å². The van der Waals surface area contributed by atoms with Crippen molar-refractivity contribution in [3.8, 4) is 44.5 Å². The van der Waals surface area contributed by atoms with Gasteiger partial charge in [-0.1, -0.05) is 176 Å². The minimum Gasteiger partial charge on any atom is -0.456 e. The summed E-state index contributed by atoms with van der Waals surface area (Å²) in [6.07, 6.45) is 0. The number of anilines is 3. The Morgan fingerprint density at radius 2 is 0.781 bits per heavy atom. The Morgan fingerprint density at radius 3 is 1.45 bits per heavy atom. The Balaban J connectivity index is 1.01. The second-order valence-electron chi connectivity index (χ2n) is 16.4. The third kappa shape index (κ3) is 5.77. The summed E-state index contributed by atoms with van der Waals surface area (Å²) in [5.41, 5.74) is 16.9. The maximum atomic E-state index is 7.30. The van der Waals surface area contributed by atoms with Gasteiger partial charge < -0.3 is 18.2 Å². The first-order valence-corrected chi connectivity index (χ1v) is 21.7. The van der Waals surface area contributed by atoms with Crippen molar-refractivity contribution >= 4 is 82.9 Å². The SMILES string of the molecule is c1ccc(-c2ccc(-c3c4oc5c(N(c6ccc(-c7ccccc7)cc6)c6ccc(-c7cccc8c7oc7ccccc78)cc6)cccc5c4cc4oc5ccccc5c34)cc2)cc1. The Bertz CT molecular complexity index is 3860. The van der Waals surface area contributed by atoms with Gasteiger partial charge in [0.25, 0.3) is 0 Å². The van der Waals surface area contributed by atoms with E-state index in [4.69, 9.17) is 13.3 Å². The topological polar surface area (TPSA) is 42.7 Å². The predicted octanol–water partition coefficient (Wildman–Crippen LogP) is 17.5. The number of fused-ring (bicyclic) bond motifs is 9. The summed E-state index contributed by atoms with van der Waals surface area (Å²) in [5.74, 6) is 0. The van der Waals surface area contributed by atoms with E-state index in [0.717, 1.165) is 116 Å². The molecule has 0 saturated heterocycles. The highest BCUT2D eigenvalue weighted by molar-refractivity contribution is 6.24. The van der Waals surface area contributed by atoms with E-state index in [-0.39, 0.29) is 0 Å². The van der Waals surface area contributed by atoms with E-state index in [2.05, 4.69) is 205 Å². The summed E-state index contributed by atoms with van der Waals surface area (Å²) in [6.45, 7) is 0. The van der Waals surface area contributed by atoms with Gasteiger partial charge in [0.1, 0.15) is 27.9 Å². The molecular formula is C60H37NO3. The van der Waals surface area contributed by atoms with Crippen LogP contribution in [-0.2, 0) is 0 Å². The average molecular weight is 820 g/mol. The van der Waals surface area contributed by atoms with Crippen molar-refractivity contribution in [2.75, 3.05) is 4.90 Å². The molecule has 0 saturated carbocycles. The molecule has 0 spiro atoms. The summed E-state index contributed by atoms with van der Waals surface area (Å²) in [6, 6.07) is 78.9. The Labute approximate surface area is 368 Å². The van der Waals surface area contributed by atoms with Crippen LogP contribution in [0.5, 0.6) is 0 Å². The molecule has 0 unspecified atom stereocenters. The molecule has 3 heterocycles. The fraction of sp³-hybridized carbons (Fsp3) is 0. The van der Waals surface area contributed by atoms with Crippen LogP contribution in [0.15, 0.2) is 238 Å².